The lowest BCUT2D eigenvalue weighted by Gasteiger charge is -2.09. The molecule has 0 aliphatic carbocycles. The summed E-state index contributed by atoms with van der Waals surface area (Å²) < 4.78 is 5.76. The van der Waals surface area contributed by atoms with Gasteiger partial charge in [-0.15, -0.1) is 0 Å². The summed E-state index contributed by atoms with van der Waals surface area (Å²) >= 11 is 0. The summed E-state index contributed by atoms with van der Waals surface area (Å²) in [6, 6.07) is 16.5. The molecular weight excluding hydrogens is 248 g/mol. The van der Waals surface area contributed by atoms with E-state index in [1.54, 1.807) is 0 Å². The van der Waals surface area contributed by atoms with Crippen LogP contribution in [0.15, 0.2) is 48.5 Å². The number of ether oxygens (including phenoxy) is 1. The second-order valence-corrected chi connectivity index (χ2v) is 5.30. The van der Waals surface area contributed by atoms with Crippen molar-refractivity contribution < 1.29 is 9.84 Å². The minimum atomic E-state index is 0.183. The van der Waals surface area contributed by atoms with E-state index in [-0.39, 0.29) is 6.61 Å². The molecule has 0 radical (unpaired) electrons. The Balaban J connectivity index is 1.91. The molecule has 2 heteroatoms. The van der Waals surface area contributed by atoms with Gasteiger partial charge in [0.05, 0.1) is 0 Å². The molecule has 20 heavy (non-hydrogen) atoms. The van der Waals surface area contributed by atoms with Crippen LogP contribution in [-0.2, 0) is 13.0 Å². The van der Waals surface area contributed by atoms with Gasteiger partial charge in [-0.2, -0.15) is 0 Å². The number of hydrogen-bond acceptors (Lipinski definition) is 2. The van der Waals surface area contributed by atoms with E-state index in [4.69, 9.17) is 9.84 Å². The lowest BCUT2D eigenvalue weighted by atomic mass is 10.0. The van der Waals surface area contributed by atoms with Crippen LogP contribution < -0.4 is 4.74 Å². The molecular formula is C18H22O2. The normalized spacial score (nSPS) is 10.8. The topological polar surface area (TPSA) is 29.5 Å². The zero-order valence-corrected chi connectivity index (χ0v) is 12.2. The molecule has 0 unspecified atom stereocenters. The molecule has 2 rings (SSSR count). The van der Waals surface area contributed by atoms with Gasteiger partial charge in [0.1, 0.15) is 12.4 Å². The van der Waals surface area contributed by atoms with Crippen LogP contribution in [0.5, 0.6) is 5.75 Å². The first-order chi connectivity index (χ1) is 9.69. The number of aliphatic hydroxyl groups excluding tert-OH is 1. The first-order valence-corrected chi connectivity index (χ1v) is 7.10. The van der Waals surface area contributed by atoms with E-state index >= 15 is 0 Å². The third-order valence-electron chi connectivity index (χ3n) is 3.38. The Bertz CT molecular complexity index is 512. The fourth-order valence-electron chi connectivity index (χ4n) is 2.05. The average Bonchev–Trinajstić information content (AvgIpc) is 2.47. The predicted molar refractivity (Wildman–Crippen MR) is 82.1 cm³/mol. The molecule has 0 heterocycles. The molecule has 0 aliphatic heterocycles. The Kier molecular flexibility index (Phi) is 5.19. The van der Waals surface area contributed by atoms with Gasteiger partial charge in [0.25, 0.3) is 0 Å². The van der Waals surface area contributed by atoms with Gasteiger partial charge in [0, 0.05) is 6.61 Å². The maximum Gasteiger partial charge on any atom is 0.119 e. The Labute approximate surface area is 121 Å². The van der Waals surface area contributed by atoms with Crippen LogP contribution in [0.1, 0.15) is 36.5 Å². The monoisotopic (exact) mass is 270 g/mol. The zero-order valence-electron chi connectivity index (χ0n) is 12.2. The highest BCUT2D eigenvalue weighted by atomic mass is 16.5. The van der Waals surface area contributed by atoms with Gasteiger partial charge in [-0.25, -0.2) is 0 Å². The third-order valence-corrected chi connectivity index (χ3v) is 3.38. The van der Waals surface area contributed by atoms with Crippen molar-refractivity contribution in [3.8, 4) is 5.75 Å². The smallest absolute Gasteiger partial charge is 0.119 e. The lowest BCUT2D eigenvalue weighted by molar-refractivity contribution is 0.298. The van der Waals surface area contributed by atoms with E-state index < -0.39 is 0 Å². The van der Waals surface area contributed by atoms with Gasteiger partial charge in [0.2, 0.25) is 0 Å². The van der Waals surface area contributed by atoms with Crippen molar-refractivity contribution in [1.82, 2.24) is 0 Å². The zero-order chi connectivity index (χ0) is 14.4. The highest BCUT2D eigenvalue weighted by Crippen LogP contribution is 2.17. The second-order valence-electron chi connectivity index (χ2n) is 5.30. The summed E-state index contributed by atoms with van der Waals surface area (Å²) in [6.45, 7) is 5.15. The molecule has 106 valence electrons. The van der Waals surface area contributed by atoms with Gasteiger partial charge < -0.3 is 9.84 Å². The van der Waals surface area contributed by atoms with Crippen LogP contribution in [-0.4, -0.2) is 11.7 Å². The summed E-state index contributed by atoms with van der Waals surface area (Å²) in [5, 5.41) is 8.87. The highest BCUT2D eigenvalue weighted by Gasteiger charge is 2.00. The third kappa shape index (κ3) is 4.10. The van der Waals surface area contributed by atoms with Crippen molar-refractivity contribution in [2.45, 2.75) is 32.8 Å². The standard InChI is InChI=1S/C18H22O2/c1-14(2)17-7-3-16(4-8-17)13-20-18-9-5-15(6-10-18)11-12-19/h3-10,14,19H,11-13H2,1-2H3. The Hall–Kier alpha value is -1.80. The Morgan fingerprint density at radius 2 is 1.50 bits per heavy atom. The molecule has 0 bridgehead atoms. The molecule has 0 saturated carbocycles. The maximum atomic E-state index is 8.87. The van der Waals surface area contributed by atoms with Crippen molar-refractivity contribution in [2.24, 2.45) is 0 Å². The molecule has 2 nitrogen and oxygen atoms in total. The molecule has 2 aromatic rings. The minimum absolute atomic E-state index is 0.183. The van der Waals surface area contributed by atoms with E-state index in [2.05, 4.69) is 38.1 Å². The molecule has 0 spiro atoms. The summed E-state index contributed by atoms with van der Waals surface area (Å²) in [6.07, 6.45) is 0.691. The van der Waals surface area contributed by atoms with E-state index in [0.29, 0.717) is 18.9 Å². The molecule has 2 aromatic carbocycles. The van der Waals surface area contributed by atoms with Crippen molar-refractivity contribution >= 4 is 0 Å². The van der Waals surface area contributed by atoms with Gasteiger partial charge >= 0.3 is 0 Å². The molecule has 1 N–H and O–H groups in total. The van der Waals surface area contributed by atoms with Crippen molar-refractivity contribution in [2.75, 3.05) is 6.61 Å². The number of benzene rings is 2. The van der Waals surface area contributed by atoms with Crippen molar-refractivity contribution in [1.29, 1.82) is 0 Å². The molecule has 0 aliphatic rings. The molecule has 0 atom stereocenters. The maximum absolute atomic E-state index is 8.87. The van der Waals surface area contributed by atoms with Crippen molar-refractivity contribution in [3.63, 3.8) is 0 Å². The number of rotatable bonds is 6. The number of aliphatic hydroxyl groups is 1. The Morgan fingerprint density at radius 3 is 2.05 bits per heavy atom. The van der Waals surface area contributed by atoms with Gasteiger partial charge in [0.15, 0.2) is 0 Å². The van der Waals surface area contributed by atoms with Crippen LogP contribution in [0.3, 0.4) is 0 Å². The highest BCUT2D eigenvalue weighted by molar-refractivity contribution is 5.28. The van der Waals surface area contributed by atoms with E-state index in [9.17, 15) is 0 Å². The van der Waals surface area contributed by atoms with Gasteiger partial charge in [-0.1, -0.05) is 50.2 Å². The molecule has 0 amide bonds. The summed E-state index contributed by atoms with van der Waals surface area (Å²) in [7, 11) is 0. The first-order valence-electron chi connectivity index (χ1n) is 7.10. The van der Waals surface area contributed by atoms with Gasteiger partial charge in [-0.05, 0) is 41.2 Å². The molecule has 0 aromatic heterocycles. The molecule has 0 saturated heterocycles. The predicted octanol–water partition coefficient (Wildman–Crippen LogP) is 3.92. The van der Waals surface area contributed by atoms with Crippen LogP contribution >= 0.6 is 0 Å². The summed E-state index contributed by atoms with van der Waals surface area (Å²) in [5.41, 5.74) is 3.65. The van der Waals surface area contributed by atoms with Crippen LogP contribution in [0.2, 0.25) is 0 Å². The van der Waals surface area contributed by atoms with E-state index in [1.165, 1.54) is 11.1 Å². The van der Waals surface area contributed by atoms with E-state index in [1.807, 2.05) is 24.3 Å². The summed E-state index contributed by atoms with van der Waals surface area (Å²) in [4.78, 5) is 0. The fraction of sp³-hybridized carbons (Fsp3) is 0.333. The van der Waals surface area contributed by atoms with Gasteiger partial charge in [-0.3, -0.25) is 0 Å². The lowest BCUT2D eigenvalue weighted by Crippen LogP contribution is -1.97. The average molecular weight is 270 g/mol. The minimum Gasteiger partial charge on any atom is -0.489 e. The van der Waals surface area contributed by atoms with E-state index in [0.717, 1.165) is 11.3 Å². The van der Waals surface area contributed by atoms with Crippen LogP contribution in [0.25, 0.3) is 0 Å². The quantitative estimate of drug-likeness (QED) is 0.862. The van der Waals surface area contributed by atoms with Crippen molar-refractivity contribution in [3.05, 3.63) is 65.2 Å². The fourth-order valence-corrected chi connectivity index (χ4v) is 2.05. The largest absolute Gasteiger partial charge is 0.489 e. The van der Waals surface area contributed by atoms with Crippen LogP contribution in [0.4, 0.5) is 0 Å². The summed E-state index contributed by atoms with van der Waals surface area (Å²) in [5.74, 6) is 1.42. The van der Waals surface area contributed by atoms with Crippen LogP contribution in [0, 0.1) is 0 Å². The molecule has 0 fully saturated rings. The Morgan fingerprint density at radius 1 is 0.900 bits per heavy atom. The number of hydrogen-bond donors (Lipinski definition) is 1. The second kappa shape index (κ2) is 7.11. The first kappa shape index (κ1) is 14.6. The SMILES string of the molecule is CC(C)c1ccc(COc2ccc(CCO)cc2)cc1.